The lowest BCUT2D eigenvalue weighted by Gasteiger charge is -2.00. The molecule has 23 heavy (non-hydrogen) atoms. The van der Waals surface area contributed by atoms with Crippen LogP contribution in [0.4, 0.5) is 0 Å². The fourth-order valence-corrected chi connectivity index (χ4v) is 2.54. The molecule has 3 rings (SSSR count). The highest BCUT2D eigenvalue weighted by Crippen LogP contribution is 2.17. The minimum atomic E-state index is -0.0526. The van der Waals surface area contributed by atoms with Crippen LogP contribution in [0.15, 0.2) is 54.7 Å². The third-order valence-electron chi connectivity index (χ3n) is 3.50. The Labute approximate surface area is 139 Å². The first kappa shape index (κ1) is 15.2. The van der Waals surface area contributed by atoms with Gasteiger partial charge in [0, 0.05) is 22.7 Å². The van der Waals surface area contributed by atoms with Crippen molar-refractivity contribution in [3.8, 4) is 11.8 Å². The minimum absolute atomic E-state index is 0.0526. The zero-order valence-electron chi connectivity index (χ0n) is 12.4. The van der Waals surface area contributed by atoms with Crippen molar-refractivity contribution in [1.29, 1.82) is 0 Å². The third kappa shape index (κ3) is 3.74. The molecule has 0 bridgehead atoms. The second kappa shape index (κ2) is 7.04. The Bertz CT molecular complexity index is 902. The van der Waals surface area contributed by atoms with Gasteiger partial charge in [-0.2, -0.15) is 0 Å². The van der Waals surface area contributed by atoms with Crippen molar-refractivity contribution in [2.75, 3.05) is 6.54 Å². The molecule has 0 radical (unpaired) electrons. The number of halogens is 1. The molecule has 2 aromatic carbocycles. The molecule has 3 nitrogen and oxygen atoms in total. The summed E-state index contributed by atoms with van der Waals surface area (Å²) in [5, 5.41) is 4.50. The van der Waals surface area contributed by atoms with E-state index in [1.54, 1.807) is 6.07 Å². The van der Waals surface area contributed by atoms with Crippen LogP contribution < -0.4 is 5.32 Å². The molecule has 0 unspecified atom stereocenters. The van der Waals surface area contributed by atoms with E-state index in [0.29, 0.717) is 18.0 Å². The molecule has 1 heterocycles. The summed E-state index contributed by atoms with van der Waals surface area (Å²) in [6, 6.07) is 15.3. The number of para-hydroxylation sites is 1. The number of carbonyl (C=O) groups is 1. The van der Waals surface area contributed by atoms with Gasteiger partial charge >= 0.3 is 0 Å². The number of hydrogen-bond donors (Lipinski definition) is 2. The molecule has 1 amide bonds. The van der Waals surface area contributed by atoms with E-state index in [4.69, 9.17) is 11.6 Å². The number of fused-ring (bicyclic) bond motifs is 1. The van der Waals surface area contributed by atoms with Gasteiger partial charge in [-0.25, -0.2) is 0 Å². The Kier molecular flexibility index (Phi) is 4.65. The third-order valence-corrected chi connectivity index (χ3v) is 3.83. The number of hydrogen-bond acceptors (Lipinski definition) is 1. The number of nitrogens with one attached hydrogen (secondary N) is 2. The van der Waals surface area contributed by atoms with Crippen LogP contribution in [0.2, 0.25) is 5.02 Å². The van der Waals surface area contributed by atoms with E-state index in [-0.39, 0.29) is 5.91 Å². The van der Waals surface area contributed by atoms with Crippen LogP contribution >= 0.6 is 11.6 Å². The number of amides is 1. The lowest BCUT2D eigenvalue weighted by Crippen LogP contribution is -2.25. The topological polar surface area (TPSA) is 44.9 Å². The Morgan fingerprint density at radius 1 is 1.13 bits per heavy atom. The highest BCUT2D eigenvalue weighted by Gasteiger charge is 2.07. The zero-order valence-corrected chi connectivity index (χ0v) is 13.2. The molecule has 1 aromatic heterocycles. The van der Waals surface area contributed by atoms with Gasteiger partial charge in [-0.05, 0) is 23.8 Å². The smallest absolute Gasteiger partial charge is 0.225 e. The van der Waals surface area contributed by atoms with E-state index in [1.165, 1.54) is 0 Å². The van der Waals surface area contributed by atoms with Gasteiger partial charge in [0.05, 0.1) is 18.0 Å². The SMILES string of the molecule is O=C(Cc1c[nH]c2ccccc12)NCC#Cc1ccccc1Cl. The normalized spacial score (nSPS) is 10.1. The van der Waals surface area contributed by atoms with Crippen molar-refractivity contribution in [3.63, 3.8) is 0 Å². The first-order valence-electron chi connectivity index (χ1n) is 7.29. The number of aromatic nitrogens is 1. The van der Waals surface area contributed by atoms with Gasteiger partial charge < -0.3 is 10.3 Å². The molecule has 4 heteroatoms. The van der Waals surface area contributed by atoms with Gasteiger partial charge in [0.25, 0.3) is 0 Å². The van der Waals surface area contributed by atoms with Crippen molar-refractivity contribution in [1.82, 2.24) is 10.3 Å². The average molecular weight is 323 g/mol. The molecule has 0 atom stereocenters. The van der Waals surface area contributed by atoms with Gasteiger partial charge in [0.1, 0.15) is 0 Å². The number of carbonyl (C=O) groups excluding carboxylic acids is 1. The van der Waals surface area contributed by atoms with Crippen LogP contribution in [0.25, 0.3) is 10.9 Å². The van der Waals surface area contributed by atoms with Gasteiger partial charge in [-0.1, -0.05) is 53.8 Å². The van der Waals surface area contributed by atoms with E-state index in [1.807, 2.05) is 48.7 Å². The van der Waals surface area contributed by atoms with Gasteiger partial charge in [-0.15, -0.1) is 0 Å². The van der Waals surface area contributed by atoms with Crippen molar-refractivity contribution >= 4 is 28.4 Å². The largest absolute Gasteiger partial charge is 0.361 e. The maximum atomic E-state index is 12.0. The second-order valence-corrected chi connectivity index (χ2v) is 5.50. The number of H-pyrrole nitrogens is 1. The standard InChI is InChI=1S/C19H15ClN2O/c20-17-9-3-1-6-14(17)7-5-11-21-19(23)12-15-13-22-18-10-4-2-8-16(15)18/h1-4,6,8-10,13,22H,11-12H2,(H,21,23). The van der Waals surface area contributed by atoms with Gasteiger partial charge in [0.2, 0.25) is 5.91 Å². The van der Waals surface area contributed by atoms with Crippen LogP contribution in [-0.4, -0.2) is 17.4 Å². The molecule has 114 valence electrons. The Morgan fingerprint density at radius 3 is 2.78 bits per heavy atom. The zero-order chi connectivity index (χ0) is 16.1. The van der Waals surface area contributed by atoms with E-state index in [0.717, 1.165) is 22.0 Å². The highest BCUT2D eigenvalue weighted by atomic mass is 35.5. The summed E-state index contributed by atoms with van der Waals surface area (Å²) in [7, 11) is 0. The minimum Gasteiger partial charge on any atom is -0.361 e. The van der Waals surface area contributed by atoms with E-state index < -0.39 is 0 Å². The molecule has 0 aliphatic heterocycles. The highest BCUT2D eigenvalue weighted by molar-refractivity contribution is 6.31. The van der Waals surface area contributed by atoms with Crippen molar-refractivity contribution in [2.45, 2.75) is 6.42 Å². The van der Waals surface area contributed by atoms with E-state index >= 15 is 0 Å². The Balaban J connectivity index is 1.58. The van der Waals surface area contributed by atoms with Crippen molar-refractivity contribution in [2.24, 2.45) is 0 Å². The summed E-state index contributed by atoms with van der Waals surface area (Å²) in [6.07, 6.45) is 2.21. The quantitative estimate of drug-likeness (QED) is 0.712. The number of aromatic amines is 1. The molecule has 0 aliphatic rings. The van der Waals surface area contributed by atoms with Crippen LogP contribution in [0.1, 0.15) is 11.1 Å². The summed E-state index contributed by atoms with van der Waals surface area (Å²) < 4.78 is 0. The fraction of sp³-hybridized carbons (Fsp3) is 0.105. The van der Waals surface area contributed by atoms with Gasteiger partial charge in [0.15, 0.2) is 0 Å². The summed E-state index contributed by atoms with van der Waals surface area (Å²) in [4.78, 5) is 15.2. The van der Waals surface area contributed by atoms with Crippen LogP contribution in [-0.2, 0) is 11.2 Å². The first-order valence-corrected chi connectivity index (χ1v) is 7.67. The van der Waals surface area contributed by atoms with Crippen LogP contribution in [0.5, 0.6) is 0 Å². The number of rotatable bonds is 3. The molecule has 0 saturated heterocycles. The van der Waals surface area contributed by atoms with Crippen LogP contribution in [0, 0.1) is 11.8 Å². The first-order chi connectivity index (χ1) is 11.2. The summed E-state index contributed by atoms with van der Waals surface area (Å²) in [5.41, 5.74) is 2.78. The Hall–Kier alpha value is -2.70. The fourth-order valence-electron chi connectivity index (χ4n) is 2.36. The molecular weight excluding hydrogens is 308 g/mol. The predicted octanol–water partition coefficient (Wildman–Crippen LogP) is 3.53. The molecule has 0 saturated carbocycles. The van der Waals surface area contributed by atoms with Crippen LogP contribution in [0.3, 0.4) is 0 Å². The van der Waals surface area contributed by atoms with Gasteiger partial charge in [-0.3, -0.25) is 4.79 Å². The summed E-state index contributed by atoms with van der Waals surface area (Å²) in [5.74, 6) is 5.82. The van der Waals surface area contributed by atoms with E-state index in [2.05, 4.69) is 22.1 Å². The molecular formula is C19H15ClN2O. The molecule has 2 N–H and O–H groups in total. The lowest BCUT2D eigenvalue weighted by molar-refractivity contribution is -0.120. The Morgan fingerprint density at radius 2 is 1.91 bits per heavy atom. The maximum absolute atomic E-state index is 12.0. The molecule has 3 aromatic rings. The molecule has 0 spiro atoms. The molecule has 0 fully saturated rings. The maximum Gasteiger partial charge on any atom is 0.225 e. The van der Waals surface area contributed by atoms with E-state index in [9.17, 15) is 4.79 Å². The summed E-state index contributed by atoms with van der Waals surface area (Å²) >= 11 is 6.02. The summed E-state index contributed by atoms with van der Waals surface area (Å²) in [6.45, 7) is 0.298. The monoisotopic (exact) mass is 322 g/mol. The van der Waals surface area contributed by atoms with Crippen molar-refractivity contribution in [3.05, 3.63) is 70.9 Å². The second-order valence-electron chi connectivity index (χ2n) is 5.09. The predicted molar refractivity (Wildman–Crippen MR) is 93.3 cm³/mol. The number of benzene rings is 2. The average Bonchev–Trinajstić information content (AvgIpc) is 2.96. The lowest BCUT2D eigenvalue weighted by atomic mass is 10.1. The molecule has 0 aliphatic carbocycles. The van der Waals surface area contributed by atoms with Crippen molar-refractivity contribution < 1.29 is 4.79 Å².